The Bertz CT molecular complexity index is 386. The zero-order valence-corrected chi connectivity index (χ0v) is 11.4. The number of hydrogen-bond acceptors (Lipinski definition) is 2. The summed E-state index contributed by atoms with van der Waals surface area (Å²) in [4.78, 5) is 12.0. The van der Waals surface area contributed by atoms with Gasteiger partial charge in [-0.3, -0.25) is 4.79 Å². The Kier molecular flexibility index (Phi) is 5.49. The predicted molar refractivity (Wildman–Crippen MR) is 71.0 cm³/mol. The van der Waals surface area contributed by atoms with Crippen LogP contribution in [0.1, 0.15) is 43.5 Å². The second kappa shape index (κ2) is 6.65. The normalized spacial score (nSPS) is 10.6. The topological polar surface area (TPSA) is 26.3 Å². The van der Waals surface area contributed by atoms with Gasteiger partial charge in [0.05, 0.1) is 12.7 Å². The van der Waals surface area contributed by atoms with Crippen molar-refractivity contribution in [2.24, 2.45) is 5.92 Å². The third-order valence-electron chi connectivity index (χ3n) is 2.65. The number of ketones is 1. The molecule has 0 heterocycles. The SMILES string of the molecule is COc1cc(Cl)ccc1C(=O)CCCC(C)C. The van der Waals surface area contributed by atoms with Gasteiger partial charge in [0.1, 0.15) is 5.75 Å². The van der Waals surface area contributed by atoms with E-state index in [9.17, 15) is 4.79 Å². The van der Waals surface area contributed by atoms with Crippen LogP contribution in [0.5, 0.6) is 5.75 Å². The van der Waals surface area contributed by atoms with Crippen LogP contribution in [0.15, 0.2) is 18.2 Å². The van der Waals surface area contributed by atoms with Gasteiger partial charge in [0.2, 0.25) is 0 Å². The molecule has 1 rings (SSSR count). The summed E-state index contributed by atoms with van der Waals surface area (Å²) in [5.41, 5.74) is 0.626. The monoisotopic (exact) mass is 254 g/mol. The molecule has 0 fully saturated rings. The van der Waals surface area contributed by atoms with Crippen molar-refractivity contribution in [1.82, 2.24) is 0 Å². The maximum absolute atomic E-state index is 12.0. The van der Waals surface area contributed by atoms with E-state index >= 15 is 0 Å². The van der Waals surface area contributed by atoms with Gasteiger partial charge in [-0.15, -0.1) is 0 Å². The summed E-state index contributed by atoms with van der Waals surface area (Å²) in [6.45, 7) is 4.32. The largest absolute Gasteiger partial charge is 0.496 e. The molecule has 1 aromatic carbocycles. The van der Waals surface area contributed by atoms with Crippen molar-refractivity contribution in [1.29, 1.82) is 0 Å². The first kappa shape index (κ1) is 14.0. The fraction of sp³-hybridized carbons (Fsp3) is 0.500. The van der Waals surface area contributed by atoms with Crippen LogP contribution in [0, 0.1) is 5.92 Å². The number of rotatable bonds is 6. The number of halogens is 1. The van der Waals surface area contributed by atoms with E-state index in [2.05, 4.69) is 13.8 Å². The number of ether oxygens (including phenoxy) is 1. The van der Waals surface area contributed by atoms with Crippen molar-refractivity contribution < 1.29 is 9.53 Å². The minimum absolute atomic E-state index is 0.124. The molecule has 0 aromatic heterocycles. The van der Waals surface area contributed by atoms with E-state index in [1.165, 1.54) is 0 Å². The number of hydrogen-bond donors (Lipinski definition) is 0. The molecule has 0 amide bonds. The van der Waals surface area contributed by atoms with Crippen LogP contribution < -0.4 is 4.74 Å². The van der Waals surface area contributed by atoms with Gasteiger partial charge in [0.25, 0.3) is 0 Å². The Labute approximate surface area is 108 Å². The third-order valence-corrected chi connectivity index (χ3v) is 2.88. The Balaban J connectivity index is 2.68. The van der Waals surface area contributed by atoms with E-state index in [0.29, 0.717) is 28.7 Å². The van der Waals surface area contributed by atoms with Gasteiger partial charge >= 0.3 is 0 Å². The second-order valence-corrected chi connectivity index (χ2v) is 4.99. The molecule has 0 saturated carbocycles. The maximum Gasteiger partial charge on any atom is 0.166 e. The number of Topliss-reactive ketones (excluding diaryl/α,β-unsaturated/α-hetero) is 1. The van der Waals surface area contributed by atoms with E-state index < -0.39 is 0 Å². The molecule has 94 valence electrons. The summed E-state index contributed by atoms with van der Waals surface area (Å²) in [5, 5.41) is 0.584. The van der Waals surface area contributed by atoms with Gasteiger partial charge in [-0.25, -0.2) is 0 Å². The average Bonchev–Trinajstić information content (AvgIpc) is 2.28. The van der Waals surface area contributed by atoms with Crippen LogP contribution in [0.4, 0.5) is 0 Å². The molecule has 0 unspecified atom stereocenters. The lowest BCUT2D eigenvalue weighted by Gasteiger charge is -2.08. The molecule has 3 heteroatoms. The maximum atomic E-state index is 12.0. The van der Waals surface area contributed by atoms with E-state index in [0.717, 1.165) is 12.8 Å². The first-order valence-electron chi connectivity index (χ1n) is 5.91. The highest BCUT2D eigenvalue weighted by Crippen LogP contribution is 2.25. The van der Waals surface area contributed by atoms with Crippen LogP contribution in [0.25, 0.3) is 0 Å². The van der Waals surface area contributed by atoms with Crippen molar-refractivity contribution in [2.45, 2.75) is 33.1 Å². The first-order valence-corrected chi connectivity index (χ1v) is 6.29. The van der Waals surface area contributed by atoms with Crippen molar-refractivity contribution in [3.63, 3.8) is 0 Å². The first-order chi connectivity index (χ1) is 8.04. The zero-order chi connectivity index (χ0) is 12.8. The fourth-order valence-electron chi connectivity index (χ4n) is 1.70. The molecule has 0 N–H and O–H groups in total. The number of methoxy groups -OCH3 is 1. The van der Waals surface area contributed by atoms with Crippen LogP contribution in [0.2, 0.25) is 5.02 Å². The van der Waals surface area contributed by atoms with Crippen LogP contribution in [-0.4, -0.2) is 12.9 Å². The highest BCUT2D eigenvalue weighted by Gasteiger charge is 2.12. The summed E-state index contributed by atoms with van der Waals surface area (Å²) < 4.78 is 5.17. The summed E-state index contributed by atoms with van der Waals surface area (Å²) in [5.74, 6) is 1.32. The lowest BCUT2D eigenvalue weighted by atomic mass is 10.0. The summed E-state index contributed by atoms with van der Waals surface area (Å²) in [6, 6.07) is 5.13. The standard InChI is InChI=1S/C14H19ClO2/c1-10(2)5-4-6-13(16)12-8-7-11(15)9-14(12)17-3/h7-10H,4-6H2,1-3H3. The molecule has 0 aliphatic rings. The molecule has 0 saturated heterocycles. The van der Waals surface area contributed by atoms with E-state index in [1.807, 2.05) is 0 Å². The summed E-state index contributed by atoms with van der Waals surface area (Å²) in [6.07, 6.45) is 2.56. The number of carbonyl (C=O) groups excluding carboxylic acids is 1. The van der Waals surface area contributed by atoms with E-state index in [-0.39, 0.29) is 5.78 Å². The third kappa shape index (κ3) is 4.39. The second-order valence-electron chi connectivity index (χ2n) is 4.55. The Hall–Kier alpha value is -1.02. The minimum Gasteiger partial charge on any atom is -0.496 e. The van der Waals surface area contributed by atoms with Crippen molar-refractivity contribution in [2.75, 3.05) is 7.11 Å². The highest BCUT2D eigenvalue weighted by atomic mass is 35.5. The molecule has 0 bridgehead atoms. The van der Waals surface area contributed by atoms with Gasteiger partial charge < -0.3 is 4.74 Å². The van der Waals surface area contributed by atoms with Crippen molar-refractivity contribution >= 4 is 17.4 Å². The molecule has 0 spiro atoms. The van der Waals surface area contributed by atoms with Crippen molar-refractivity contribution in [3.8, 4) is 5.75 Å². The molecular formula is C14H19ClO2. The lowest BCUT2D eigenvalue weighted by molar-refractivity contribution is 0.0975. The molecule has 1 aromatic rings. The van der Waals surface area contributed by atoms with Crippen LogP contribution >= 0.6 is 11.6 Å². The fourth-order valence-corrected chi connectivity index (χ4v) is 1.86. The van der Waals surface area contributed by atoms with Crippen molar-refractivity contribution in [3.05, 3.63) is 28.8 Å². The van der Waals surface area contributed by atoms with Gasteiger partial charge in [0.15, 0.2) is 5.78 Å². The Morgan fingerprint density at radius 1 is 1.41 bits per heavy atom. The minimum atomic E-state index is 0.124. The van der Waals surface area contributed by atoms with E-state index in [4.69, 9.17) is 16.3 Å². The highest BCUT2D eigenvalue weighted by molar-refractivity contribution is 6.30. The molecule has 0 aliphatic heterocycles. The smallest absolute Gasteiger partial charge is 0.166 e. The molecule has 2 nitrogen and oxygen atoms in total. The number of benzene rings is 1. The van der Waals surface area contributed by atoms with Gasteiger partial charge in [-0.1, -0.05) is 31.9 Å². The molecule has 17 heavy (non-hydrogen) atoms. The summed E-state index contributed by atoms with van der Waals surface area (Å²) in [7, 11) is 1.55. The lowest BCUT2D eigenvalue weighted by Crippen LogP contribution is -2.03. The molecule has 0 radical (unpaired) electrons. The van der Waals surface area contributed by atoms with Gasteiger partial charge in [0, 0.05) is 11.4 Å². The van der Waals surface area contributed by atoms with Gasteiger partial charge in [-0.2, -0.15) is 0 Å². The zero-order valence-electron chi connectivity index (χ0n) is 10.6. The quantitative estimate of drug-likeness (QED) is 0.705. The Morgan fingerprint density at radius 3 is 2.71 bits per heavy atom. The van der Waals surface area contributed by atoms with E-state index in [1.54, 1.807) is 25.3 Å². The van der Waals surface area contributed by atoms with Crippen LogP contribution in [-0.2, 0) is 0 Å². The molecular weight excluding hydrogens is 236 g/mol. The average molecular weight is 255 g/mol. The summed E-state index contributed by atoms with van der Waals surface area (Å²) >= 11 is 5.85. The Morgan fingerprint density at radius 2 is 2.12 bits per heavy atom. The van der Waals surface area contributed by atoms with Crippen LogP contribution in [0.3, 0.4) is 0 Å². The number of carbonyl (C=O) groups is 1. The predicted octanol–water partition coefficient (Wildman–Crippen LogP) is 4.36. The molecule has 0 aliphatic carbocycles. The molecule has 0 atom stereocenters. The van der Waals surface area contributed by atoms with Gasteiger partial charge in [-0.05, 0) is 30.5 Å².